The average molecular weight is 249 g/mol. The lowest BCUT2D eigenvalue weighted by molar-refractivity contribution is 0.453. The molecule has 1 aromatic rings. The largest absolute Gasteiger partial charge is 0.224 e. The van der Waals surface area contributed by atoms with Crippen molar-refractivity contribution in [3.63, 3.8) is 0 Å². The maximum atomic E-state index is 13.2. The van der Waals surface area contributed by atoms with E-state index in [9.17, 15) is 21.6 Å². The summed E-state index contributed by atoms with van der Waals surface area (Å²) in [4.78, 5) is -1.31. The summed E-state index contributed by atoms with van der Waals surface area (Å²) in [5.74, 6) is -4.69. The van der Waals surface area contributed by atoms with Gasteiger partial charge in [-0.3, -0.25) is 0 Å². The van der Waals surface area contributed by atoms with Crippen molar-refractivity contribution in [3.8, 4) is 6.07 Å². The van der Waals surface area contributed by atoms with E-state index in [1.54, 1.807) is 0 Å². The number of nitriles is 1. The minimum Gasteiger partial charge on any atom is -0.224 e. The summed E-state index contributed by atoms with van der Waals surface area (Å²) in [7, 11) is -4.19. The van der Waals surface area contributed by atoms with Gasteiger partial charge in [0.25, 0.3) is 0 Å². The third-order valence-corrected chi connectivity index (χ3v) is 2.95. The Labute approximate surface area is 90.0 Å². The van der Waals surface area contributed by atoms with Gasteiger partial charge in [-0.05, 0) is 6.07 Å². The number of rotatable bonds is 2. The van der Waals surface area contributed by atoms with Gasteiger partial charge in [0.1, 0.15) is 10.7 Å². The van der Waals surface area contributed by atoms with Crippen LogP contribution in [0.15, 0.2) is 11.0 Å². The molecule has 0 amide bonds. The molecule has 0 saturated heterocycles. The fourth-order valence-electron chi connectivity index (χ4n) is 1.18. The Morgan fingerprint density at radius 3 is 2.31 bits per heavy atom. The molecule has 0 atom stereocenters. The fraction of sp³-hybridized carbons (Fsp3) is 0.222. The van der Waals surface area contributed by atoms with Crippen molar-refractivity contribution in [3.05, 3.63) is 29.1 Å². The highest BCUT2D eigenvalue weighted by molar-refractivity contribution is 7.90. The normalized spacial score (nSPS) is 11.2. The zero-order valence-corrected chi connectivity index (χ0v) is 8.91. The number of nitrogens with zero attached hydrogens (tertiary/aromatic N) is 1. The van der Waals surface area contributed by atoms with Crippen molar-refractivity contribution < 1.29 is 21.6 Å². The Morgan fingerprint density at radius 1 is 1.31 bits per heavy atom. The Balaban J connectivity index is 3.60. The predicted octanol–water partition coefficient (Wildman–Crippen LogP) is 1.57. The van der Waals surface area contributed by atoms with E-state index in [1.807, 2.05) is 0 Å². The monoisotopic (exact) mass is 249 g/mol. The molecule has 1 aromatic carbocycles. The van der Waals surface area contributed by atoms with Crippen LogP contribution in [0, 0.1) is 28.8 Å². The van der Waals surface area contributed by atoms with E-state index in [1.165, 1.54) is 6.07 Å². The van der Waals surface area contributed by atoms with Gasteiger partial charge in [0.2, 0.25) is 0 Å². The topological polar surface area (TPSA) is 57.9 Å². The van der Waals surface area contributed by atoms with Crippen molar-refractivity contribution in [2.75, 3.05) is 6.26 Å². The van der Waals surface area contributed by atoms with Gasteiger partial charge < -0.3 is 0 Å². The van der Waals surface area contributed by atoms with Gasteiger partial charge in [-0.2, -0.15) is 5.26 Å². The molecule has 0 aliphatic rings. The molecule has 0 aromatic heterocycles. The average Bonchev–Trinajstić information content (AvgIpc) is 2.12. The maximum Gasteiger partial charge on any atom is 0.181 e. The van der Waals surface area contributed by atoms with Crippen LogP contribution in [-0.2, 0) is 16.3 Å². The van der Waals surface area contributed by atoms with Gasteiger partial charge >= 0.3 is 0 Å². The maximum absolute atomic E-state index is 13.2. The molecule has 1 rings (SSSR count). The molecule has 0 fully saturated rings. The molecule has 86 valence electrons. The van der Waals surface area contributed by atoms with Gasteiger partial charge in [-0.1, -0.05) is 0 Å². The number of halogens is 3. The van der Waals surface area contributed by atoms with Gasteiger partial charge in [-0.25, -0.2) is 21.6 Å². The number of hydrogen-bond acceptors (Lipinski definition) is 3. The first-order valence-corrected chi connectivity index (χ1v) is 5.91. The second-order valence-electron chi connectivity index (χ2n) is 3.08. The van der Waals surface area contributed by atoms with Gasteiger partial charge in [0.15, 0.2) is 21.5 Å². The predicted molar refractivity (Wildman–Crippen MR) is 48.7 cm³/mol. The van der Waals surface area contributed by atoms with Gasteiger partial charge in [0, 0.05) is 11.8 Å². The molecule has 0 bridgehead atoms. The van der Waals surface area contributed by atoms with Crippen LogP contribution in [0.2, 0.25) is 0 Å². The lowest BCUT2D eigenvalue weighted by Gasteiger charge is -2.06. The highest BCUT2D eigenvalue weighted by Crippen LogP contribution is 2.24. The first kappa shape index (κ1) is 12.5. The van der Waals surface area contributed by atoms with Crippen molar-refractivity contribution >= 4 is 9.84 Å². The van der Waals surface area contributed by atoms with Crippen LogP contribution in [0.1, 0.15) is 5.56 Å². The summed E-state index contributed by atoms with van der Waals surface area (Å²) >= 11 is 0. The van der Waals surface area contributed by atoms with E-state index in [2.05, 4.69) is 0 Å². The lowest BCUT2D eigenvalue weighted by atomic mass is 10.1. The Morgan fingerprint density at radius 2 is 1.88 bits per heavy atom. The first-order chi connectivity index (χ1) is 7.29. The third kappa shape index (κ3) is 2.17. The molecule has 16 heavy (non-hydrogen) atoms. The summed E-state index contributed by atoms with van der Waals surface area (Å²) in [5.41, 5.74) is -0.509. The minimum absolute atomic E-state index is 0.509. The summed E-state index contributed by atoms with van der Waals surface area (Å²) in [5, 5.41) is 8.28. The smallest absolute Gasteiger partial charge is 0.181 e. The van der Waals surface area contributed by atoms with Crippen LogP contribution in [0.5, 0.6) is 0 Å². The van der Waals surface area contributed by atoms with E-state index in [0.29, 0.717) is 12.3 Å². The van der Waals surface area contributed by atoms with E-state index in [4.69, 9.17) is 5.26 Å². The molecule has 0 spiro atoms. The van der Waals surface area contributed by atoms with E-state index < -0.39 is 44.2 Å². The number of sulfone groups is 1. The van der Waals surface area contributed by atoms with Crippen LogP contribution in [0.4, 0.5) is 13.2 Å². The summed E-state index contributed by atoms with van der Waals surface area (Å²) in [6.07, 6.45) is 0.0294. The zero-order chi connectivity index (χ0) is 12.5. The standard InChI is InChI=1S/C9H6F3NO2S/c1-16(14,15)9-6(10)4-5(2-3-13)7(11)8(9)12/h4H,2H2,1H3. The zero-order valence-electron chi connectivity index (χ0n) is 8.09. The third-order valence-electron chi connectivity index (χ3n) is 1.83. The molecular weight excluding hydrogens is 243 g/mol. The van der Waals surface area contributed by atoms with Crippen molar-refractivity contribution in [2.24, 2.45) is 0 Å². The summed E-state index contributed by atoms with van der Waals surface area (Å²) in [6.45, 7) is 0. The van der Waals surface area contributed by atoms with E-state index >= 15 is 0 Å². The van der Waals surface area contributed by atoms with Crippen molar-refractivity contribution in [2.45, 2.75) is 11.3 Å². The highest BCUT2D eigenvalue weighted by atomic mass is 32.2. The van der Waals surface area contributed by atoms with Crippen LogP contribution >= 0.6 is 0 Å². The lowest BCUT2D eigenvalue weighted by Crippen LogP contribution is -2.08. The second kappa shape index (κ2) is 4.14. The summed E-state index contributed by atoms with van der Waals surface area (Å²) < 4.78 is 61.6. The van der Waals surface area contributed by atoms with Crippen LogP contribution < -0.4 is 0 Å². The van der Waals surface area contributed by atoms with Crippen molar-refractivity contribution in [1.29, 1.82) is 5.26 Å². The van der Waals surface area contributed by atoms with E-state index in [-0.39, 0.29) is 0 Å². The quantitative estimate of drug-likeness (QED) is 0.747. The Hall–Kier alpha value is -1.55. The van der Waals surface area contributed by atoms with E-state index in [0.717, 1.165) is 0 Å². The number of hydrogen-bond donors (Lipinski definition) is 0. The van der Waals surface area contributed by atoms with Crippen LogP contribution in [0.25, 0.3) is 0 Å². The minimum atomic E-state index is -4.19. The Bertz CT molecular complexity index is 575. The molecule has 0 saturated carbocycles. The first-order valence-electron chi connectivity index (χ1n) is 4.02. The highest BCUT2D eigenvalue weighted by Gasteiger charge is 2.25. The van der Waals surface area contributed by atoms with Gasteiger partial charge in [-0.15, -0.1) is 0 Å². The SMILES string of the molecule is CS(=O)(=O)c1c(F)cc(CC#N)c(F)c1F. The van der Waals surface area contributed by atoms with Crippen LogP contribution in [0.3, 0.4) is 0 Å². The molecule has 0 N–H and O–H groups in total. The molecule has 0 unspecified atom stereocenters. The molecule has 3 nitrogen and oxygen atoms in total. The molecule has 0 radical (unpaired) electrons. The van der Waals surface area contributed by atoms with Gasteiger partial charge in [0.05, 0.1) is 12.5 Å². The van der Waals surface area contributed by atoms with Crippen molar-refractivity contribution in [1.82, 2.24) is 0 Å². The molecule has 0 aliphatic heterocycles. The van der Waals surface area contributed by atoms with Crippen LogP contribution in [-0.4, -0.2) is 14.7 Å². The molecule has 7 heteroatoms. The Kier molecular flexibility index (Phi) is 3.24. The molecular formula is C9H6F3NO2S. The second-order valence-corrected chi connectivity index (χ2v) is 5.03. The number of benzene rings is 1. The summed E-state index contributed by atoms with van der Waals surface area (Å²) in [6, 6.07) is 2.03. The molecule has 0 heterocycles. The fourth-order valence-corrected chi connectivity index (χ4v) is 2.01. The molecule has 0 aliphatic carbocycles.